The van der Waals surface area contributed by atoms with E-state index < -0.39 is 0 Å². The Morgan fingerprint density at radius 2 is 1.84 bits per heavy atom. The number of aryl methyl sites for hydroxylation is 1. The van der Waals surface area contributed by atoms with Crippen LogP contribution >= 0.6 is 0 Å². The van der Waals surface area contributed by atoms with Crippen molar-refractivity contribution in [3.05, 3.63) is 53.8 Å². The minimum atomic E-state index is 1.17. The molecule has 0 atom stereocenters. The van der Waals surface area contributed by atoms with Crippen molar-refractivity contribution in [1.29, 1.82) is 0 Å². The molecule has 1 aromatic carbocycles. The highest BCUT2D eigenvalue weighted by Crippen LogP contribution is 2.29. The van der Waals surface area contributed by atoms with Crippen LogP contribution in [0, 0.1) is 0 Å². The molecule has 0 aliphatic carbocycles. The van der Waals surface area contributed by atoms with Crippen LogP contribution in [-0.2, 0) is 6.42 Å². The molecule has 0 N–H and O–H groups in total. The van der Waals surface area contributed by atoms with Gasteiger partial charge in [-0.05, 0) is 49.5 Å². The van der Waals surface area contributed by atoms with Crippen LogP contribution in [0.25, 0.3) is 0 Å². The van der Waals surface area contributed by atoms with Gasteiger partial charge in [-0.2, -0.15) is 0 Å². The zero-order valence-electron chi connectivity index (χ0n) is 12.9. The molecule has 1 heterocycles. The third-order valence-electron chi connectivity index (χ3n) is 3.34. The average Bonchev–Trinajstić information content (AvgIpc) is 2.39. The van der Waals surface area contributed by atoms with Crippen molar-refractivity contribution in [2.24, 2.45) is 0 Å². The highest BCUT2D eigenvalue weighted by atomic mass is 15.1. The first-order valence-corrected chi connectivity index (χ1v) is 7.29. The lowest BCUT2D eigenvalue weighted by Crippen LogP contribution is -2.19. The summed E-state index contributed by atoms with van der Waals surface area (Å²) < 4.78 is 0. The Morgan fingerprint density at radius 1 is 1.21 bits per heavy atom. The van der Waals surface area contributed by atoms with Crippen molar-refractivity contribution < 1.29 is 0 Å². The highest BCUT2D eigenvalue weighted by Gasteiger charge is 2.14. The first-order valence-electron chi connectivity index (χ1n) is 7.29. The molecule has 0 fully saturated rings. The fourth-order valence-corrected chi connectivity index (χ4v) is 2.45. The standard InChI is InChI=1S/C15H19N.C3H8/c1-4-14-12(2)8-7-10-13-9-5-6-11-15(13)16(14)3;1-3-2/h4-6,9,11H,1,7-8,10H2,2-3H3;3H2,1-2H3/b14-12-;. The number of benzene rings is 1. The maximum atomic E-state index is 3.93. The van der Waals surface area contributed by atoms with Crippen molar-refractivity contribution in [3.8, 4) is 0 Å². The molecule has 0 saturated heterocycles. The van der Waals surface area contributed by atoms with E-state index in [0.29, 0.717) is 0 Å². The number of likely N-dealkylation sites (N-methyl/N-ethyl adjacent to an activating group) is 1. The van der Waals surface area contributed by atoms with Crippen molar-refractivity contribution in [2.45, 2.75) is 46.5 Å². The fraction of sp³-hybridized carbons (Fsp3) is 0.444. The largest absolute Gasteiger partial charge is 0.344 e. The minimum Gasteiger partial charge on any atom is -0.344 e. The Kier molecular flexibility index (Phi) is 6.41. The van der Waals surface area contributed by atoms with Crippen molar-refractivity contribution in [1.82, 2.24) is 0 Å². The molecule has 1 nitrogen and oxygen atoms in total. The van der Waals surface area contributed by atoms with Crippen LogP contribution in [0.1, 0.15) is 45.6 Å². The normalized spacial score (nSPS) is 18.6. The molecule has 0 unspecified atom stereocenters. The smallest absolute Gasteiger partial charge is 0.0440 e. The van der Waals surface area contributed by atoms with Gasteiger partial charge in [-0.25, -0.2) is 0 Å². The summed E-state index contributed by atoms with van der Waals surface area (Å²) >= 11 is 0. The summed E-state index contributed by atoms with van der Waals surface area (Å²) in [6.45, 7) is 10.4. The van der Waals surface area contributed by atoms with Crippen molar-refractivity contribution in [2.75, 3.05) is 11.9 Å². The molecule has 0 aromatic heterocycles. The van der Waals surface area contributed by atoms with Crippen molar-refractivity contribution in [3.63, 3.8) is 0 Å². The van der Waals surface area contributed by atoms with Gasteiger partial charge in [0.1, 0.15) is 0 Å². The van der Waals surface area contributed by atoms with Gasteiger partial charge in [-0.15, -0.1) is 0 Å². The molecular weight excluding hydrogens is 230 g/mol. The van der Waals surface area contributed by atoms with E-state index >= 15 is 0 Å². The SMILES string of the molecule is C=C/C1=C(\C)CCCc2ccccc2N1C.CCC. The minimum absolute atomic E-state index is 1.17. The molecule has 2 rings (SSSR count). The molecule has 0 saturated carbocycles. The van der Waals surface area contributed by atoms with Gasteiger partial charge >= 0.3 is 0 Å². The third kappa shape index (κ3) is 3.99. The second-order valence-corrected chi connectivity index (χ2v) is 5.12. The molecule has 1 heteroatoms. The quantitative estimate of drug-likeness (QED) is 0.656. The first-order chi connectivity index (χ1) is 9.15. The lowest BCUT2D eigenvalue weighted by atomic mass is 9.98. The summed E-state index contributed by atoms with van der Waals surface area (Å²) in [4.78, 5) is 2.26. The summed E-state index contributed by atoms with van der Waals surface area (Å²) in [5.74, 6) is 0. The summed E-state index contributed by atoms with van der Waals surface area (Å²) in [6.07, 6.45) is 6.79. The molecule has 1 aromatic rings. The second kappa shape index (κ2) is 7.83. The van der Waals surface area contributed by atoms with E-state index in [4.69, 9.17) is 0 Å². The maximum Gasteiger partial charge on any atom is 0.0440 e. The number of rotatable bonds is 1. The number of nitrogens with zero attached hydrogens (tertiary/aromatic N) is 1. The Balaban J connectivity index is 0.000000550. The van der Waals surface area contributed by atoms with E-state index in [0.717, 1.165) is 0 Å². The van der Waals surface area contributed by atoms with Gasteiger partial charge in [-0.3, -0.25) is 0 Å². The Hall–Kier alpha value is -1.50. The van der Waals surface area contributed by atoms with E-state index in [9.17, 15) is 0 Å². The highest BCUT2D eigenvalue weighted by molar-refractivity contribution is 5.60. The predicted molar refractivity (Wildman–Crippen MR) is 86.6 cm³/mol. The molecule has 0 radical (unpaired) electrons. The zero-order valence-corrected chi connectivity index (χ0v) is 12.9. The Bertz CT molecular complexity index is 443. The maximum absolute atomic E-state index is 3.93. The predicted octanol–water partition coefficient (Wildman–Crippen LogP) is 5.34. The van der Waals surface area contributed by atoms with Gasteiger partial charge in [0, 0.05) is 18.4 Å². The van der Waals surface area contributed by atoms with E-state index in [1.165, 1.54) is 48.2 Å². The summed E-state index contributed by atoms with van der Waals surface area (Å²) in [5.41, 5.74) is 5.45. The van der Waals surface area contributed by atoms with Crippen LogP contribution in [0.5, 0.6) is 0 Å². The second-order valence-electron chi connectivity index (χ2n) is 5.12. The van der Waals surface area contributed by atoms with Gasteiger partial charge in [0.05, 0.1) is 0 Å². The van der Waals surface area contributed by atoms with Crippen LogP contribution in [0.3, 0.4) is 0 Å². The van der Waals surface area contributed by atoms with Crippen LogP contribution in [0.4, 0.5) is 5.69 Å². The number of hydrogen-bond donors (Lipinski definition) is 0. The summed E-state index contributed by atoms with van der Waals surface area (Å²) in [6, 6.07) is 8.65. The molecule has 19 heavy (non-hydrogen) atoms. The summed E-state index contributed by atoms with van der Waals surface area (Å²) in [5, 5.41) is 0. The van der Waals surface area contributed by atoms with Crippen LogP contribution in [0.15, 0.2) is 48.2 Å². The molecule has 104 valence electrons. The number of fused-ring (bicyclic) bond motifs is 1. The van der Waals surface area contributed by atoms with Crippen LogP contribution in [0.2, 0.25) is 0 Å². The average molecular weight is 257 g/mol. The van der Waals surface area contributed by atoms with Crippen LogP contribution < -0.4 is 4.90 Å². The fourth-order valence-electron chi connectivity index (χ4n) is 2.45. The molecule has 1 aliphatic rings. The van der Waals surface area contributed by atoms with Gasteiger partial charge in [0.25, 0.3) is 0 Å². The first kappa shape index (κ1) is 15.6. The lowest BCUT2D eigenvalue weighted by Gasteiger charge is -2.27. The molecule has 0 spiro atoms. The Labute approximate surface area is 118 Å². The van der Waals surface area contributed by atoms with Gasteiger partial charge < -0.3 is 4.90 Å². The third-order valence-corrected chi connectivity index (χ3v) is 3.34. The van der Waals surface area contributed by atoms with E-state index in [-0.39, 0.29) is 0 Å². The van der Waals surface area contributed by atoms with E-state index in [2.05, 4.69) is 63.6 Å². The number of para-hydroxylation sites is 1. The molecular formula is C18H27N. The zero-order chi connectivity index (χ0) is 14.3. The lowest BCUT2D eigenvalue weighted by molar-refractivity contribution is 0.786. The van der Waals surface area contributed by atoms with E-state index in [1.54, 1.807) is 0 Å². The van der Waals surface area contributed by atoms with Gasteiger partial charge in [0.2, 0.25) is 0 Å². The molecule has 0 bridgehead atoms. The Morgan fingerprint density at radius 3 is 2.47 bits per heavy atom. The number of hydrogen-bond acceptors (Lipinski definition) is 1. The van der Waals surface area contributed by atoms with Crippen LogP contribution in [-0.4, -0.2) is 7.05 Å². The molecule has 1 aliphatic heterocycles. The summed E-state index contributed by atoms with van der Waals surface area (Å²) in [7, 11) is 2.13. The number of anilines is 1. The number of allylic oxidation sites excluding steroid dienone is 2. The van der Waals surface area contributed by atoms with Crippen molar-refractivity contribution >= 4 is 5.69 Å². The molecule has 0 amide bonds. The van der Waals surface area contributed by atoms with E-state index in [1.807, 2.05) is 6.08 Å². The van der Waals surface area contributed by atoms with Gasteiger partial charge in [0.15, 0.2) is 0 Å². The topological polar surface area (TPSA) is 3.24 Å². The monoisotopic (exact) mass is 257 g/mol. The van der Waals surface area contributed by atoms with Gasteiger partial charge in [-0.1, -0.05) is 45.0 Å².